The van der Waals surface area contributed by atoms with Gasteiger partial charge in [0.1, 0.15) is 0 Å². The smallest absolute Gasteiger partial charge is 0.358 e. The summed E-state index contributed by atoms with van der Waals surface area (Å²) in [6, 6.07) is 1.42. The molecule has 0 aliphatic carbocycles. The third kappa shape index (κ3) is 1.50. The Kier molecular flexibility index (Phi) is 2.23. The van der Waals surface area contributed by atoms with E-state index in [0.717, 1.165) is 4.68 Å². The summed E-state index contributed by atoms with van der Waals surface area (Å²) in [4.78, 5) is 21.6. The molecule has 0 unspecified atom stereocenters. The van der Waals surface area contributed by atoms with Crippen molar-refractivity contribution in [1.82, 2.24) is 9.78 Å². The van der Waals surface area contributed by atoms with Gasteiger partial charge in [-0.3, -0.25) is 4.79 Å². The lowest BCUT2D eigenvalue weighted by atomic mass is 10.4. The molecule has 1 aromatic heterocycles. The van der Waals surface area contributed by atoms with Crippen LogP contribution in [0.25, 0.3) is 0 Å². The lowest BCUT2D eigenvalue weighted by Gasteiger charge is -1.92. The van der Waals surface area contributed by atoms with Crippen LogP contribution >= 0.6 is 0 Å². The first kappa shape index (κ1) is 8.45. The zero-order valence-corrected chi connectivity index (χ0v) is 6.77. The molecule has 0 aliphatic heterocycles. The van der Waals surface area contributed by atoms with Gasteiger partial charge in [-0.15, -0.1) is 0 Å². The van der Waals surface area contributed by atoms with Gasteiger partial charge in [-0.05, 0) is 6.07 Å². The summed E-state index contributed by atoms with van der Waals surface area (Å²) in [5.41, 5.74) is 0.132. The van der Waals surface area contributed by atoms with E-state index in [0.29, 0.717) is 0 Å². The van der Waals surface area contributed by atoms with E-state index in [2.05, 4.69) is 9.84 Å². The van der Waals surface area contributed by atoms with Crippen molar-refractivity contribution < 1.29 is 14.3 Å². The zero-order chi connectivity index (χ0) is 9.14. The third-order valence-corrected chi connectivity index (χ3v) is 1.31. The van der Waals surface area contributed by atoms with Gasteiger partial charge in [0.15, 0.2) is 5.69 Å². The van der Waals surface area contributed by atoms with Crippen molar-refractivity contribution in [2.24, 2.45) is 0 Å². The Morgan fingerprint density at radius 1 is 1.58 bits per heavy atom. The van der Waals surface area contributed by atoms with Gasteiger partial charge in [0.2, 0.25) is 5.91 Å². The zero-order valence-electron chi connectivity index (χ0n) is 6.77. The molecule has 5 nitrogen and oxygen atoms in total. The molecule has 64 valence electrons. The minimum absolute atomic E-state index is 0.132. The number of methoxy groups -OCH3 is 1. The number of ether oxygens (including phenoxy) is 1. The SMILES string of the molecule is COC(=O)c1ccn(C(C)=O)n1. The largest absolute Gasteiger partial charge is 0.464 e. The van der Waals surface area contributed by atoms with E-state index >= 15 is 0 Å². The standard InChI is InChI=1S/C7H8N2O3/c1-5(10)9-4-3-6(8-9)7(11)12-2/h3-4H,1-2H3. The van der Waals surface area contributed by atoms with Crippen molar-refractivity contribution in [3.8, 4) is 0 Å². The average Bonchev–Trinajstić information content (AvgIpc) is 2.51. The predicted octanol–water partition coefficient (Wildman–Crippen LogP) is 0.330. The predicted molar refractivity (Wildman–Crippen MR) is 39.9 cm³/mol. The summed E-state index contributed by atoms with van der Waals surface area (Å²) in [6.45, 7) is 1.36. The molecule has 0 saturated carbocycles. The van der Waals surface area contributed by atoms with Crippen molar-refractivity contribution >= 4 is 11.9 Å². The first-order valence-corrected chi connectivity index (χ1v) is 3.30. The number of rotatable bonds is 1. The van der Waals surface area contributed by atoms with Gasteiger partial charge in [0, 0.05) is 13.1 Å². The van der Waals surface area contributed by atoms with Crippen LogP contribution in [0.15, 0.2) is 12.3 Å². The molecule has 0 fully saturated rings. The molecule has 0 N–H and O–H groups in total. The Labute approximate surface area is 68.9 Å². The van der Waals surface area contributed by atoms with Crippen LogP contribution in [-0.4, -0.2) is 28.8 Å². The highest BCUT2D eigenvalue weighted by Crippen LogP contribution is 1.96. The van der Waals surface area contributed by atoms with E-state index in [9.17, 15) is 9.59 Å². The van der Waals surface area contributed by atoms with Gasteiger partial charge in [0.25, 0.3) is 0 Å². The summed E-state index contributed by atoms with van der Waals surface area (Å²) in [5, 5.41) is 3.67. The van der Waals surface area contributed by atoms with E-state index in [1.54, 1.807) is 0 Å². The maximum atomic E-state index is 10.8. The van der Waals surface area contributed by atoms with Crippen molar-refractivity contribution in [3.05, 3.63) is 18.0 Å². The first-order chi connectivity index (χ1) is 5.65. The van der Waals surface area contributed by atoms with Crippen LogP contribution in [0.2, 0.25) is 0 Å². The molecule has 0 amide bonds. The summed E-state index contributed by atoms with van der Waals surface area (Å²) in [7, 11) is 1.26. The van der Waals surface area contributed by atoms with E-state index in [1.165, 1.54) is 26.3 Å². The summed E-state index contributed by atoms with van der Waals surface area (Å²) < 4.78 is 5.48. The molecular formula is C7H8N2O3. The second-order valence-electron chi connectivity index (χ2n) is 2.16. The molecule has 0 radical (unpaired) electrons. The van der Waals surface area contributed by atoms with Crippen LogP contribution in [0, 0.1) is 0 Å². The number of nitrogens with zero attached hydrogens (tertiary/aromatic N) is 2. The van der Waals surface area contributed by atoms with E-state index in [4.69, 9.17) is 0 Å². The molecule has 0 aromatic carbocycles. The molecule has 0 atom stereocenters. The lowest BCUT2D eigenvalue weighted by Crippen LogP contribution is -2.09. The third-order valence-electron chi connectivity index (χ3n) is 1.31. The minimum Gasteiger partial charge on any atom is -0.464 e. The average molecular weight is 168 g/mol. The van der Waals surface area contributed by atoms with E-state index in [-0.39, 0.29) is 11.6 Å². The highest BCUT2D eigenvalue weighted by molar-refractivity contribution is 5.87. The maximum Gasteiger partial charge on any atom is 0.358 e. The second kappa shape index (κ2) is 3.17. The van der Waals surface area contributed by atoms with Crippen LogP contribution in [0.4, 0.5) is 0 Å². The van der Waals surface area contributed by atoms with E-state index in [1.807, 2.05) is 0 Å². The number of carbonyl (C=O) groups is 2. The van der Waals surface area contributed by atoms with Crippen LogP contribution in [0.5, 0.6) is 0 Å². The van der Waals surface area contributed by atoms with Gasteiger partial charge in [0.05, 0.1) is 7.11 Å². The fourth-order valence-electron chi connectivity index (χ4n) is 0.713. The molecule has 1 aromatic rings. The van der Waals surface area contributed by atoms with Gasteiger partial charge in [-0.1, -0.05) is 0 Å². The van der Waals surface area contributed by atoms with Crippen molar-refractivity contribution in [2.75, 3.05) is 7.11 Å². The fraction of sp³-hybridized carbons (Fsp3) is 0.286. The molecule has 0 aliphatic rings. The number of aromatic nitrogens is 2. The van der Waals surface area contributed by atoms with Crippen LogP contribution in [0.3, 0.4) is 0 Å². The van der Waals surface area contributed by atoms with Gasteiger partial charge in [-0.2, -0.15) is 5.10 Å². The normalized spacial score (nSPS) is 9.50. The molecule has 12 heavy (non-hydrogen) atoms. The van der Waals surface area contributed by atoms with Crippen LogP contribution < -0.4 is 0 Å². The van der Waals surface area contributed by atoms with Gasteiger partial charge >= 0.3 is 5.97 Å². The minimum atomic E-state index is -0.546. The second-order valence-corrected chi connectivity index (χ2v) is 2.16. The topological polar surface area (TPSA) is 61.2 Å². The van der Waals surface area contributed by atoms with Crippen LogP contribution in [0.1, 0.15) is 22.2 Å². The number of carbonyl (C=O) groups excluding carboxylic acids is 2. The summed E-state index contributed by atoms with van der Waals surface area (Å²) in [6.07, 6.45) is 1.41. The summed E-state index contributed by atoms with van der Waals surface area (Å²) in [5.74, 6) is -0.792. The quantitative estimate of drug-likeness (QED) is 0.567. The molecule has 0 saturated heterocycles. The van der Waals surface area contributed by atoms with Crippen LogP contribution in [-0.2, 0) is 4.74 Å². The molecule has 5 heteroatoms. The number of esters is 1. The number of hydrogen-bond acceptors (Lipinski definition) is 4. The van der Waals surface area contributed by atoms with Gasteiger partial charge < -0.3 is 4.74 Å². The maximum absolute atomic E-state index is 10.8. The molecule has 0 spiro atoms. The van der Waals surface area contributed by atoms with Crippen molar-refractivity contribution in [1.29, 1.82) is 0 Å². The molecule has 1 heterocycles. The molecular weight excluding hydrogens is 160 g/mol. The first-order valence-electron chi connectivity index (χ1n) is 3.30. The Morgan fingerprint density at radius 3 is 2.67 bits per heavy atom. The Balaban J connectivity index is 2.91. The number of hydrogen-bond donors (Lipinski definition) is 0. The monoisotopic (exact) mass is 168 g/mol. The Hall–Kier alpha value is -1.65. The summed E-state index contributed by atoms with van der Waals surface area (Å²) >= 11 is 0. The Morgan fingerprint density at radius 2 is 2.25 bits per heavy atom. The van der Waals surface area contributed by atoms with Gasteiger partial charge in [-0.25, -0.2) is 9.48 Å². The fourth-order valence-corrected chi connectivity index (χ4v) is 0.713. The van der Waals surface area contributed by atoms with E-state index < -0.39 is 5.97 Å². The highest BCUT2D eigenvalue weighted by atomic mass is 16.5. The molecule has 0 bridgehead atoms. The molecule has 1 rings (SSSR count). The van der Waals surface area contributed by atoms with Crippen molar-refractivity contribution in [3.63, 3.8) is 0 Å². The highest BCUT2D eigenvalue weighted by Gasteiger charge is 2.09. The van der Waals surface area contributed by atoms with Crippen molar-refractivity contribution in [2.45, 2.75) is 6.92 Å². The Bertz CT molecular complexity index is 316. The lowest BCUT2D eigenvalue weighted by molar-refractivity contribution is 0.0593.